The molecule has 1 aliphatic carbocycles. The van der Waals surface area contributed by atoms with E-state index in [1.165, 1.54) is 6.42 Å². The molecule has 0 saturated heterocycles. The van der Waals surface area contributed by atoms with Crippen molar-refractivity contribution in [1.82, 2.24) is 10.6 Å². The van der Waals surface area contributed by atoms with Crippen molar-refractivity contribution >= 4 is 5.91 Å². The van der Waals surface area contributed by atoms with Crippen molar-refractivity contribution in [1.29, 1.82) is 0 Å². The predicted molar refractivity (Wildman–Crippen MR) is 62.7 cm³/mol. The Hall–Kier alpha value is -0.570. The molecule has 1 fully saturated rings. The molecule has 2 N–H and O–H groups in total. The summed E-state index contributed by atoms with van der Waals surface area (Å²) < 4.78 is 0. The van der Waals surface area contributed by atoms with Crippen LogP contribution in [-0.2, 0) is 4.79 Å². The zero-order valence-corrected chi connectivity index (χ0v) is 10.1. The first-order valence-corrected chi connectivity index (χ1v) is 6.24. The van der Waals surface area contributed by atoms with Gasteiger partial charge in [-0.1, -0.05) is 26.7 Å². The molecular weight excluding hydrogens is 188 g/mol. The van der Waals surface area contributed by atoms with Gasteiger partial charge >= 0.3 is 0 Å². The molecule has 0 atom stereocenters. The minimum absolute atomic E-state index is 0.000957. The zero-order chi connectivity index (χ0) is 11.1. The summed E-state index contributed by atoms with van der Waals surface area (Å²) in [5.41, 5.74) is 0.000957. The number of rotatable bonds is 7. The third-order valence-corrected chi connectivity index (χ3v) is 3.36. The van der Waals surface area contributed by atoms with Gasteiger partial charge in [-0.2, -0.15) is 0 Å². The summed E-state index contributed by atoms with van der Waals surface area (Å²) in [4.78, 5) is 12.0. The van der Waals surface area contributed by atoms with E-state index < -0.39 is 0 Å². The summed E-state index contributed by atoms with van der Waals surface area (Å²) in [6, 6.07) is 0. The third-order valence-electron chi connectivity index (χ3n) is 3.36. The van der Waals surface area contributed by atoms with E-state index in [0.717, 1.165) is 45.3 Å². The van der Waals surface area contributed by atoms with Crippen LogP contribution < -0.4 is 10.6 Å². The number of hydrogen-bond acceptors (Lipinski definition) is 2. The Kier molecular flexibility index (Phi) is 5.09. The largest absolute Gasteiger partial charge is 0.354 e. The fraction of sp³-hybridized carbons (Fsp3) is 0.917. The minimum atomic E-state index is 0.000957. The van der Waals surface area contributed by atoms with Gasteiger partial charge in [-0.3, -0.25) is 4.79 Å². The van der Waals surface area contributed by atoms with E-state index in [1.54, 1.807) is 0 Å². The fourth-order valence-corrected chi connectivity index (χ4v) is 2.30. The summed E-state index contributed by atoms with van der Waals surface area (Å²) in [5.74, 6) is 0.286. The maximum atomic E-state index is 12.0. The second kappa shape index (κ2) is 6.11. The lowest BCUT2D eigenvalue weighted by molar-refractivity contribution is -0.136. The second-order valence-electron chi connectivity index (χ2n) is 4.49. The van der Waals surface area contributed by atoms with Crippen molar-refractivity contribution in [3.63, 3.8) is 0 Å². The predicted octanol–water partition coefficient (Wildman–Crippen LogP) is 1.68. The van der Waals surface area contributed by atoms with Gasteiger partial charge in [-0.25, -0.2) is 0 Å². The van der Waals surface area contributed by atoms with Crippen molar-refractivity contribution in [3.05, 3.63) is 0 Å². The summed E-state index contributed by atoms with van der Waals surface area (Å²) >= 11 is 0. The van der Waals surface area contributed by atoms with E-state index in [2.05, 4.69) is 24.5 Å². The second-order valence-corrected chi connectivity index (χ2v) is 4.49. The van der Waals surface area contributed by atoms with Crippen molar-refractivity contribution in [3.8, 4) is 0 Å². The van der Waals surface area contributed by atoms with Crippen LogP contribution in [0.2, 0.25) is 0 Å². The van der Waals surface area contributed by atoms with Crippen LogP contribution in [-0.4, -0.2) is 25.5 Å². The maximum Gasteiger partial charge on any atom is 0.226 e. The molecule has 0 radical (unpaired) electrons. The van der Waals surface area contributed by atoms with Crippen LogP contribution in [0.5, 0.6) is 0 Å². The Morgan fingerprint density at radius 2 is 2.00 bits per heavy atom. The Bertz CT molecular complexity index is 200. The van der Waals surface area contributed by atoms with Gasteiger partial charge in [-0.05, 0) is 25.8 Å². The van der Waals surface area contributed by atoms with E-state index in [4.69, 9.17) is 0 Å². The quantitative estimate of drug-likeness (QED) is 0.630. The molecule has 3 nitrogen and oxygen atoms in total. The van der Waals surface area contributed by atoms with Crippen LogP contribution in [0, 0.1) is 5.41 Å². The van der Waals surface area contributed by atoms with Crippen LogP contribution >= 0.6 is 0 Å². The Morgan fingerprint density at radius 3 is 2.47 bits per heavy atom. The lowest BCUT2D eigenvalue weighted by Crippen LogP contribution is -2.47. The van der Waals surface area contributed by atoms with Gasteiger partial charge < -0.3 is 10.6 Å². The number of carbonyl (C=O) groups excluding carboxylic acids is 1. The lowest BCUT2D eigenvalue weighted by atomic mass is 9.65. The molecule has 0 bridgehead atoms. The summed E-state index contributed by atoms with van der Waals surface area (Å²) in [6.07, 6.45) is 5.57. The molecule has 3 heteroatoms. The van der Waals surface area contributed by atoms with E-state index >= 15 is 0 Å². The first-order valence-electron chi connectivity index (χ1n) is 6.24. The molecule has 0 aromatic heterocycles. The molecule has 15 heavy (non-hydrogen) atoms. The smallest absolute Gasteiger partial charge is 0.226 e. The van der Waals surface area contributed by atoms with Crippen molar-refractivity contribution < 1.29 is 4.79 Å². The fourth-order valence-electron chi connectivity index (χ4n) is 2.30. The Balaban J connectivity index is 2.25. The van der Waals surface area contributed by atoms with Crippen molar-refractivity contribution in [2.24, 2.45) is 5.41 Å². The molecule has 0 aromatic carbocycles. The summed E-state index contributed by atoms with van der Waals surface area (Å²) in [5, 5.41) is 6.25. The average Bonchev–Trinajstić information content (AvgIpc) is 2.18. The van der Waals surface area contributed by atoms with Crippen LogP contribution in [0.3, 0.4) is 0 Å². The molecule has 1 saturated carbocycles. The van der Waals surface area contributed by atoms with E-state index in [1.807, 2.05) is 0 Å². The number of hydrogen-bond donors (Lipinski definition) is 2. The Labute approximate surface area is 93.0 Å². The molecule has 1 aliphatic rings. The van der Waals surface area contributed by atoms with Crippen molar-refractivity contribution in [2.45, 2.75) is 46.0 Å². The number of carbonyl (C=O) groups is 1. The number of likely N-dealkylation sites (N-methyl/N-ethyl adjacent to an activating group) is 1. The molecule has 1 rings (SSSR count). The molecule has 0 aliphatic heterocycles. The standard InChI is InChI=1S/C12H24N2O/c1-3-6-12(7-5-8-12)11(15)14-10-9-13-4-2/h13H,3-10H2,1-2H3,(H,14,15). The molecule has 0 aromatic rings. The first-order chi connectivity index (χ1) is 7.25. The molecular formula is C12H24N2O. The monoisotopic (exact) mass is 212 g/mol. The SMILES string of the molecule is CCCC1(C(=O)NCCNCC)CCC1. The molecule has 88 valence electrons. The number of amides is 1. The highest BCUT2D eigenvalue weighted by Crippen LogP contribution is 2.44. The normalized spacial score (nSPS) is 18.3. The molecule has 0 spiro atoms. The van der Waals surface area contributed by atoms with Gasteiger partial charge in [0.1, 0.15) is 0 Å². The average molecular weight is 212 g/mol. The van der Waals surface area contributed by atoms with Gasteiger partial charge in [0.25, 0.3) is 0 Å². The van der Waals surface area contributed by atoms with Gasteiger partial charge in [0.15, 0.2) is 0 Å². The van der Waals surface area contributed by atoms with Crippen LogP contribution in [0.4, 0.5) is 0 Å². The highest BCUT2D eigenvalue weighted by molar-refractivity contribution is 5.83. The third kappa shape index (κ3) is 3.20. The van der Waals surface area contributed by atoms with Crippen LogP contribution in [0.1, 0.15) is 46.0 Å². The van der Waals surface area contributed by atoms with Gasteiger partial charge in [0.2, 0.25) is 5.91 Å². The van der Waals surface area contributed by atoms with Crippen LogP contribution in [0.15, 0.2) is 0 Å². The summed E-state index contributed by atoms with van der Waals surface area (Å²) in [7, 11) is 0. The topological polar surface area (TPSA) is 41.1 Å². The summed E-state index contributed by atoms with van der Waals surface area (Å²) in [6.45, 7) is 6.84. The molecule has 0 heterocycles. The maximum absolute atomic E-state index is 12.0. The van der Waals surface area contributed by atoms with Gasteiger partial charge in [-0.15, -0.1) is 0 Å². The highest BCUT2D eigenvalue weighted by atomic mass is 16.2. The molecule has 0 unspecified atom stereocenters. The lowest BCUT2D eigenvalue weighted by Gasteiger charge is -2.40. The highest BCUT2D eigenvalue weighted by Gasteiger charge is 2.42. The van der Waals surface area contributed by atoms with E-state index in [9.17, 15) is 4.79 Å². The van der Waals surface area contributed by atoms with E-state index in [-0.39, 0.29) is 11.3 Å². The van der Waals surface area contributed by atoms with E-state index in [0.29, 0.717) is 0 Å². The zero-order valence-electron chi connectivity index (χ0n) is 10.1. The minimum Gasteiger partial charge on any atom is -0.354 e. The first kappa shape index (κ1) is 12.5. The number of nitrogens with one attached hydrogen (secondary N) is 2. The van der Waals surface area contributed by atoms with Crippen LogP contribution in [0.25, 0.3) is 0 Å². The van der Waals surface area contributed by atoms with Gasteiger partial charge in [0.05, 0.1) is 0 Å². The Morgan fingerprint density at radius 1 is 1.27 bits per heavy atom. The van der Waals surface area contributed by atoms with Gasteiger partial charge in [0, 0.05) is 18.5 Å². The molecule has 1 amide bonds. The van der Waals surface area contributed by atoms with Crippen molar-refractivity contribution in [2.75, 3.05) is 19.6 Å².